The molecule has 0 atom stereocenters. The van der Waals surface area contributed by atoms with E-state index in [2.05, 4.69) is 72.6 Å². The SMILES string of the molecule is CCCCc1nnc(SCc2ccc(C(=O)O)cc2)n1Cc1ccc(-c2ccccc2-c2nn[nH]n2)cc1. The van der Waals surface area contributed by atoms with Crippen LogP contribution in [-0.2, 0) is 18.7 Å². The largest absolute Gasteiger partial charge is 0.478 e. The molecule has 0 aliphatic carbocycles. The number of thioether (sulfide) groups is 1. The third-order valence-corrected chi connectivity index (χ3v) is 7.27. The van der Waals surface area contributed by atoms with Gasteiger partial charge in [0.15, 0.2) is 5.16 Å². The number of aromatic carboxylic acids is 1. The maximum absolute atomic E-state index is 11.1. The Balaban J connectivity index is 1.35. The number of nitrogens with zero attached hydrogens (tertiary/aromatic N) is 6. The van der Waals surface area contributed by atoms with Gasteiger partial charge in [-0.2, -0.15) is 5.21 Å². The Morgan fingerprint density at radius 1 is 0.921 bits per heavy atom. The Labute approximate surface area is 224 Å². The topological polar surface area (TPSA) is 122 Å². The fourth-order valence-electron chi connectivity index (χ4n) is 4.17. The van der Waals surface area contributed by atoms with Crippen LogP contribution >= 0.6 is 11.8 Å². The lowest BCUT2D eigenvalue weighted by atomic mass is 9.98. The lowest BCUT2D eigenvalue weighted by Gasteiger charge is -2.12. The Bertz CT molecular complexity index is 1500. The van der Waals surface area contributed by atoms with Crippen LogP contribution in [0, 0.1) is 0 Å². The molecule has 0 saturated carbocycles. The molecule has 0 amide bonds. The third kappa shape index (κ3) is 5.81. The van der Waals surface area contributed by atoms with Gasteiger partial charge in [-0.1, -0.05) is 85.8 Å². The van der Waals surface area contributed by atoms with E-state index in [1.54, 1.807) is 23.9 Å². The minimum absolute atomic E-state index is 0.284. The molecule has 0 aliphatic rings. The predicted molar refractivity (Wildman–Crippen MR) is 146 cm³/mol. The molecule has 0 unspecified atom stereocenters. The first-order valence-corrected chi connectivity index (χ1v) is 13.4. The lowest BCUT2D eigenvalue weighted by molar-refractivity contribution is 0.0697. The first-order valence-electron chi connectivity index (χ1n) is 12.4. The summed E-state index contributed by atoms with van der Waals surface area (Å²) < 4.78 is 2.19. The van der Waals surface area contributed by atoms with Gasteiger partial charge in [-0.25, -0.2) is 4.79 Å². The van der Waals surface area contributed by atoms with Crippen LogP contribution in [0.25, 0.3) is 22.5 Å². The monoisotopic (exact) mass is 525 g/mol. The normalized spacial score (nSPS) is 11.1. The van der Waals surface area contributed by atoms with E-state index in [9.17, 15) is 4.79 Å². The molecule has 0 aliphatic heterocycles. The number of benzene rings is 3. The van der Waals surface area contributed by atoms with Crippen molar-refractivity contribution in [2.45, 2.75) is 43.6 Å². The van der Waals surface area contributed by atoms with Crippen LogP contribution < -0.4 is 0 Å². The highest BCUT2D eigenvalue weighted by Gasteiger charge is 2.15. The summed E-state index contributed by atoms with van der Waals surface area (Å²) in [4.78, 5) is 11.1. The minimum atomic E-state index is -0.922. The summed E-state index contributed by atoms with van der Waals surface area (Å²) in [7, 11) is 0. The Morgan fingerprint density at radius 2 is 1.66 bits per heavy atom. The molecule has 9 nitrogen and oxygen atoms in total. The van der Waals surface area contributed by atoms with Crippen molar-refractivity contribution in [3.63, 3.8) is 0 Å². The van der Waals surface area contributed by atoms with Gasteiger partial charge in [0.1, 0.15) is 5.82 Å². The summed E-state index contributed by atoms with van der Waals surface area (Å²) in [5, 5.41) is 33.5. The van der Waals surface area contributed by atoms with E-state index in [-0.39, 0.29) is 5.56 Å². The van der Waals surface area contributed by atoms with E-state index in [0.29, 0.717) is 18.1 Å². The van der Waals surface area contributed by atoms with Crippen LogP contribution in [0.3, 0.4) is 0 Å². The molecule has 0 fully saturated rings. The highest BCUT2D eigenvalue weighted by molar-refractivity contribution is 7.98. The van der Waals surface area contributed by atoms with Gasteiger partial charge < -0.3 is 9.67 Å². The van der Waals surface area contributed by atoms with Crippen molar-refractivity contribution in [1.29, 1.82) is 0 Å². The van der Waals surface area contributed by atoms with E-state index in [1.165, 1.54) is 0 Å². The number of aryl methyl sites for hydroxylation is 1. The first kappa shape index (κ1) is 25.3. The number of aromatic nitrogens is 7. The average molecular weight is 526 g/mol. The fraction of sp³-hybridized carbons (Fsp3) is 0.214. The van der Waals surface area contributed by atoms with Crippen LogP contribution in [0.15, 0.2) is 78.0 Å². The second-order valence-corrected chi connectivity index (χ2v) is 9.80. The molecule has 0 radical (unpaired) electrons. The van der Waals surface area contributed by atoms with Gasteiger partial charge in [0, 0.05) is 17.7 Å². The standard InChI is InChI=1S/C28H27N7O2S/c1-2-3-8-25-29-32-28(38-18-20-11-15-22(16-12-20)27(36)37)35(25)17-19-9-13-21(14-10-19)23-6-4-5-7-24(23)26-30-33-34-31-26/h4-7,9-16H,2-3,8,17-18H2,1H3,(H,36,37)(H,30,31,33,34). The number of hydrogen-bond donors (Lipinski definition) is 2. The van der Waals surface area contributed by atoms with E-state index in [0.717, 1.165) is 58.1 Å². The lowest BCUT2D eigenvalue weighted by Crippen LogP contribution is -2.07. The molecule has 2 N–H and O–H groups in total. The van der Waals surface area contributed by atoms with Crippen LogP contribution in [0.2, 0.25) is 0 Å². The van der Waals surface area contributed by atoms with Gasteiger partial charge in [-0.05, 0) is 46.0 Å². The zero-order valence-corrected chi connectivity index (χ0v) is 21.7. The van der Waals surface area contributed by atoms with E-state index in [1.807, 2.05) is 30.3 Å². The molecule has 3 aromatic carbocycles. The van der Waals surface area contributed by atoms with Crippen LogP contribution in [-0.4, -0.2) is 46.5 Å². The second-order valence-electron chi connectivity index (χ2n) is 8.86. The zero-order chi connectivity index (χ0) is 26.3. The first-order chi connectivity index (χ1) is 18.6. The van der Waals surface area contributed by atoms with Crippen molar-refractivity contribution in [3.05, 3.63) is 95.3 Å². The Hall–Kier alpha value is -4.31. The molecule has 0 bridgehead atoms. The van der Waals surface area contributed by atoms with Crippen molar-refractivity contribution in [2.24, 2.45) is 0 Å². The molecule has 0 saturated heterocycles. The van der Waals surface area contributed by atoms with Crippen molar-refractivity contribution in [3.8, 4) is 22.5 Å². The van der Waals surface area contributed by atoms with E-state index >= 15 is 0 Å². The number of nitrogens with one attached hydrogen (secondary N) is 1. The van der Waals surface area contributed by atoms with Crippen molar-refractivity contribution >= 4 is 17.7 Å². The van der Waals surface area contributed by atoms with Gasteiger partial charge in [0.05, 0.1) is 12.1 Å². The zero-order valence-electron chi connectivity index (χ0n) is 20.9. The van der Waals surface area contributed by atoms with Gasteiger partial charge in [-0.3, -0.25) is 0 Å². The molecule has 192 valence electrons. The number of carboxylic acid groups (broad SMARTS) is 1. The molecular formula is C28H27N7O2S. The summed E-state index contributed by atoms with van der Waals surface area (Å²) in [5.74, 6) is 1.29. The molecule has 5 aromatic rings. The maximum Gasteiger partial charge on any atom is 0.335 e. The van der Waals surface area contributed by atoms with Crippen LogP contribution in [0.5, 0.6) is 0 Å². The number of aromatic amines is 1. The fourth-order valence-corrected chi connectivity index (χ4v) is 5.09. The molecule has 38 heavy (non-hydrogen) atoms. The summed E-state index contributed by atoms with van der Waals surface area (Å²) in [5.41, 5.74) is 5.50. The second kappa shape index (κ2) is 11.8. The van der Waals surface area contributed by atoms with Gasteiger partial charge >= 0.3 is 5.97 Å². The van der Waals surface area contributed by atoms with Crippen molar-refractivity contribution < 1.29 is 9.90 Å². The van der Waals surface area contributed by atoms with Crippen LogP contribution in [0.4, 0.5) is 0 Å². The summed E-state index contributed by atoms with van der Waals surface area (Å²) >= 11 is 1.61. The van der Waals surface area contributed by atoms with Crippen LogP contribution in [0.1, 0.15) is 47.1 Å². The predicted octanol–water partition coefficient (Wildman–Crippen LogP) is 5.51. The molecule has 2 aromatic heterocycles. The number of hydrogen-bond acceptors (Lipinski definition) is 7. The number of unbranched alkanes of at least 4 members (excludes halogenated alkanes) is 1. The highest BCUT2D eigenvalue weighted by atomic mass is 32.2. The van der Waals surface area contributed by atoms with Crippen molar-refractivity contribution in [2.75, 3.05) is 0 Å². The molecule has 2 heterocycles. The summed E-state index contributed by atoms with van der Waals surface area (Å²) in [6, 6.07) is 23.5. The highest BCUT2D eigenvalue weighted by Crippen LogP contribution is 2.30. The van der Waals surface area contributed by atoms with E-state index in [4.69, 9.17) is 5.11 Å². The quantitative estimate of drug-likeness (QED) is 0.217. The minimum Gasteiger partial charge on any atom is -0.478 e. The van der Waals surface area contributed by atoms with Crippen molar-refractivity contribution in [1.82, 2.24) is 35.4 Å². The Kier molecular flexibility index (Phi) is 7.89. The van der Waals surface area contributed by atoms with Gasteiger partial charge in [-0.15, -0.1) is 20.4 Å². The number of carbonyl (C=O) groups is 1. The molecular weight excluding hydrogens is 498 g/mol. The third-order valence-electron chi connectivity index (χ3n) is 6.24. The number of H-pyrrole nitrogens is 1. The number of rotatable bonds is 11. The summed E-state index contributed by atoms with van der Waals surface area (Å²) in [6.07, 6.45) is 3.00. The average Bonchev–Trinajstić information content (AvgIpc) is 3.62. The van der Waals surface area contributed by atoms with E-state index < -0.39 is 5.97 Å². The molecule has 10 heteroatoms. The molecule has 0 spiro atoms. The van der Waals surface area contributed by atoms with Gasteiger partial charge in [0.25, 0.3) is 0 Å². The number of carboxylic acids is 1. The summed E-state index contributed by atoms with van der Waals surface area (Å²) in [6.45, 7) is 2.83. The smallest absolute Gasteiger partial charge is 0.335 e. The maximum atomic E-state index is 11.1. The molecule has 5 rings (SSSR count). The Morgan fingerprint density at radius 3 is 2.34 bits per heavy atom. The van der Waals surface area contributed by atoms with Gasteiger partial charge in [0.2, 0.25) is 5.82 Å². The number of tetrazole rings is 1.